The largest absolute Gasteiger partial charge is 0.467 e. The molecule has 1 rings (SSSR count). The number of carbonyl (C=O) groups is 2. The van der Waals surface area contributed by atoms with Gasteiger partial charge >= 0.3 is 5.97 Å². The molecule has 0 aromatic heterocycles. The number of nitrogens with two attached hydrogens (primary N) is 1. The average Bonchev–Trinajstić information content (AvgIpc) is 2.37. The zero-order valence-electron chi connectivity index (χ0n) is 11.1. The maximum atomic E-state index is 12.1. The van der Waals surface area contributed by atoms with E-state index in [2.05, 4.69) is 26.0 Å². The fourth-order valence-corrected chi connectivity index (χ4v) is 1.99. The minimum Gasteiger partial charge on any atom is -0.467 e. The Morgan fingerprint density at radius 1 is 1.37 bits per heavy atom. The molecule has 0 aliphatic carbocycles. The Balaban J connectivity index is 2.94. The van der Waals surface area contributed by atoms with Crippen molar-refractivity contribution < 1.29 is 14.3 Å². The number of esters is 1. The number of ether oxygens (including phenoxy) is 1. The molecule has 1 aromatic carbocycles. The lowest BCUT2D eigenvalue weighted by atomic mass is 10.0. The molecule has 104 valence electrons. The second-order valence-electron chi connectivity index (χ2n) is 4.46. The van der Waals surface area contributed by atoms with Crippen LogP contribution in [0.15, 0.2) is 22.7 Å². The van der Waals surface area contributed by atoms with Gasteiger partial charge in [0.15, 0.2) is 0 Å². The summed E-state index contributed by atoms with van der Waals surface area (Å²) in [5, 5.41) is 2.65. The molecule has 5 nitrogen and oxygen atoms in total. The molecule has 1 amide bonds. The lowest BCUT2D eigenvalue weighted by Gasteiger charge is -2.20. The van der Waals surface area contributed by atoms with Crippen LogP contribution in [0.5, 0.6) is 0 Å². The Morgan fingerprint density at radius 2 is 2.00 bits per heavy atom. The van der Waals surface area contributed by atoms with Crippen molar-refractivity contribution in [1.82, 2.24) is 5.32 Å². The van der Waals surface area contributed by atoms with Crippen molar-refractivity contribution in [3.8, 4) is 0 Å². The van der Waals surface area contributed by atoms with E-state index in [1.807, 2.05) is 13.8 Å². The molecule has 0 aliphatic heterocycles. The Hall–Kier alpha value is -1.56. The summed E-state index contributed by atoms with van der Waals surface area (Å²) in [6.45, 7) is 3.66. The molecule has 0 bridgehead atoms. The standard InChI is InChI=1S/C13H17BrN2O3/c1-7(2)11(13(18)19-3)16-12(17)9-6-8(15)4-5-10(9)14/h4-7,11H,15H2,1-3H3,(H,16,17)/t11-/m0/s1. The maximum absolute atomic E-state index is 12.1. The number of benzene rings is 1. The van der Waals surface area contributed by atoms with Crippen LogP contribution in [-0.2, 0) is 9.53 Å². The van der Waals surface area contributed by atoms with E-state index in [0.717, 1.165) is 0 Å². The molecule has 3 N–H and O–H groups in total. The first-order valence-corrected chi connectivity index (χ1v) is 6.59. The highest BCUT2D eigenvalue weighted by atomic mass is 79.9. The Labute approximate surface area is 120 Å². The van der Waals surface area contributed by atoms with E-state index in [-0.39, 0.29) is 11.8 Å². The van der Waals surface area contributed by atoms with E-state index in [4.69, 9.17) is 5.73 Å². The number of anilines is 1. The van der Waals surface area contributed by atoms with Crippen LogP contribution in [0.4, 0.5) is 5.69 Å². The first-order valence-electron chi connectivity index (χ1n) is 5.80. The lowest BCUT2D eigenvalue weighted by Crippen LogP contribution is -2.45. The average molecular weight is 329 g/mol. The molecule has 6 heteroatoms. The van der Waals surface area contributed by atoms with E-state index >= 15 is 0 Å². The van der Waals surface area contributed by atoms with Crippen molar-refractivity contribution in [2.75, 3.05) is 12.8 Å². The quantitative estimate of drug-likeness (QED) is 0.654. The van der Waals surface area contributed by atoms with Crippen molar-refractivity contribution in [2.45, 2.75) is 19.9 Å². The second-order valence-corrected chi connectivity index (χ2v) is 5.31. The summed E-state index contributed by atoms with van der Waals surface area (Å²) in [4.78, 5) is 23.7. The summed E-state index contributed by atoms with van der Waals surface area (Å²) in [5.74, 6) is -0.914. The highest BCUT2D eigenvalue weighted by Gasteiger charge is 2.26. The summed E-state index contributed by atoms with van der Waals surface area (Å²) >= 11 is 3.28. The second kappa shape index (κ2) is 6.56. The van der Waals surface area contributed by atoms with E-state index in [0.29, 0.717) is 15.7 Å². The number of nitrogen functional groups attached to an aromatic ring is 1. The molecule has 0 radical (unpaired) electrons. The molecular formula is C13H17BrN2O3. The SMILES string of the molecule is COC(=O)[C@@H](NC(=O)c1cc(N)ccc1Br)C(C)C. The lowest BCUT2D eigenvalue weighted by molar-refractivity contribution is -0.144. The van der Waals surface area contributed by atoms with Gasteiger partial charge in [-0.2, -0.15) is 0 Å². The summed E-state index contributed by atoms with van der Waals surface area (Å²) in [5.41, 5.74) is 6.51. The highest BCUT2D eigenvalue weighted by Crippen LogP contribution is 2.20. The first kappa shape index (κ1) is 15.5. The number of hydrogen-bond donors (Lipinski definition) is 2. The van der Waals surface area contributed by atoms with Crippen molar-refractivity contribution in [3.05, 3.63) is 28.2 Å². The van der Waals surface area contributed by atoms with Gasteiger partial charge in [-0.1, -0.05) is 13.8 Å². The normalized spacial score (nSPS) is 12.1. The van der Waals surface area contributed by atoms with E-state index in [1.54, 1.807) is 18.2 Å². The van der Waals surface area contributed by atoms with Gasteiger partial charge in [-0.3, -0.25) is 4.79 Å². The molecule has 1 aromatic rings. The van der Waals surface area contributed by atoms with E-state index in [1.165, 1.54) is 7.11 Å². The number of amides is 1. The van der Waals surface area contributed by atoms with Gasteiger partial charge in [0.25, 0.3) is 5.91 Å². The third-order valence-corrected chi connectivity index (χ3v) is 3.33. The molecular weight excluding hydrogens is 312 g/mol. The van der Waals surface area contributed by atoms with Gasteiger partial charge in [-0.05, 0) is 40.0 Å². The van der Waals surface area contributed by atoms with E-state index < -0.39 is 12.0 Å². The van der Waals surface area contributed by atoms with Crippen LogP contribution in [-0.4, -0.2) is 25.0 Å². The van der Waals surface area contributed by atoms with Gasteiger partial charge in [-0.15, -0.1) is 0 Å². The van der Waals surface area contributed by atoms with Crippen LogP contribution < -0.4 is 11.1 Å². The third kappa shape index (κ3) is 3.96. The number of nitrogens with one attached hydrogen (secondary N) is 1. The number of halogens is 1. The van der Waals surface area contributed by atoms with Gasteiger partial charge in [0, 0.05) is 10.2 Å². The predicted molar refractivity (Wildman–Crippen MR) is 76.7 cm³/mol. The maximum Gasteiger partial charge on any atom is 0.328 e. The number of hydrogen-bond acceptors (Lipinski definition) is 4. The molecule has 0 unspecified atom stereocenters. The minimum absolute atomic E-state index is 0.0729. The number of carbonyl (C=O) groups excluding carboxylic acids is 2. The molecule has 19 heavy (non-hydrogen) atoms. The van der Waals surface area contributed by atoms with Gasteiger partial charge in [0.1, 0.15) is 6.04 Å². The van der Waals surface area contributed by atoms with Crippen molar-refractivity contribution >= 4 is 33.5 Å². The first-order chi connectivity index (χ1) is 8.86. The molecule has 0 heterocycles. The van der Waals surface area contributed by atoms with Gasteiger partial charge < -0.3 is 15.8 Å². The molecule has 0 saturated heterocycles. The topological polar surface area (TPSA) is 81.4 Å². The van der Waals surface area contributed by atoms with Crippen molar-refractivity contribution in [3.63, 3.8) is 0 Å². The predicted octanol–water partition coefficient (Wildman–Crippen LogP) is 1.96. The zero-order valence-corrected chi connectivity index (χ0v) is 12.7. The van der Waals surface area contributed by atoms with Crippen LogP contribution in [0.25, 0.3) is 0 Å². The number of rotatable bonds is 4. The van der Waals surface area contributed by atoms with Crippen LogP contribution in [0.2, 0.25) is 0 Å². The number of methoxy groups -OCH3 is 1. The fraction of sp³-hybridized carbons (Fsp3) is 0.385. The highest BCUT2D eigenvalue weighted by molar-refractivity contribution is 9.10. The van der Waals surface area contributed by atoms with Gasteiger partial charge in [0.2, 0.25) is 0 Å². The van der Waals surface area contributed by atoms with Crippen LogP contribution in [0, 0.1) is 5.92 Å². The molecule has 0 aliphatic rings. The minimum atomic E-state index is -0.689. The van der Waals surface area contributed by atoms with Gasteiger partial charge in [-0.25, -0.2) is 4.79 Å². The Kier molecular flexibility index (Phi) is 5.35. The third-order valence-electron chi connectivity index (χ3n) is 2.64. The summed E-state index contributed by atoms with van der Waals surface area (Å²) in [6.07, 6.45) is 0. The van der Waals surface area contributed by atoms with Crippen molar-refractivity contribution in [1.29, 1.82) is 0 Å². The Morgan fingerprint density at radius 3 is 2.53 bits per heavy atom. The molecule has 0 saturated carbocycles. The monoisotopic (exact) mass is 328 g/mol. The molecule has 0 fully saturated rings. The summed E-state index contributed by atoms with van der Waals surface area (Å²) in [6, 6.07) is 4.23. The van der Waals surface area contributed by atoms with Crippen molar-refractivity contribution in [2.24, 2.45) is 5.92 Å². The van der Waals surface area contributed by atoms with Crippen LogP contribution >= 0.6 is 15.9 Å². The summed E-state index contributed by atoms with van der Waals surface area (Å²) < 4.78 is 5.29. The molecule has 1 atom stereocenters. The van der Waals surface area contributed by atoms with Gasteiger partial charge in [0.05, 0.1) is 12.7 Å². The Bertz CT molecular complexity index is 489. The smallest absolute Gasteiger partial charge is 0.328 e. The van der Waals surface area contributed by atoms with Crippen LogP contribution in [0.1, 0.15) is 24.2 Å². The van der Waals surface area contributed by atoms with E-state index in [9.17, 15) is 9.59 Å². The summed E-state index contributed by atoms with van der Waals surface area (Å²) in [7, 11) is 1.29. The molecule has 0 spiro atoms. The zero-order chi connectivity index (χ0) is 14.6. The fourth-order valence-electron chi connectivity index (χ4n) is 1.56. The van der Waals surface area contributed by atoms with Crippen LogP contribution in [0.3, 0.4) is 0 Å².